The lowest BCUT2D eigenvalue weighted by molar-refractivity contribution is 0.0474. The molecule has 5 rings (SSSR count). The Hall–Kier alpha value is -5.37. The molecule has 2 amide bonds. The van der Waals surface area contributed by atoms with Crippen molar-refractivity contribution in [1.82, 2.24) is 0 Å². The van der Waals surface area contributed by atoms with Gasteiger partial charge in [0.25, 0.3) is 11.8 Å². The van der Waals surface area contributed by atoms with E-state index < -0.39 is 36.1 Å². The second-order valence-corrected chi connectivity index (χ2v) is 9.32. The van der Waals surface area contributed by atoms with Crippen LogP contribution >= 0.6 is 0 Å². The third-order valence-corrected chi connectivity index (χ3v) is 6.39. The smallest absolute Gasteiger partial charge is 0.343 e. The highest BCUT2D eigenvalue weighted by molar-refractivity contribution is 6.34. The van der Waals surface area contributed by atoms with Crippen molar-refractivity contribution in [3.05, 3.63) is 130 Å². The molecule has 198 valence electrons. The van der Waals surface area contributed by atoms with Crippen LogP contribution in [0.2, 0.25) is 0 Å². The Labute approximate surface area is 229 Å². The Kier molecular flexibility index (Phi) is 7.07. The number of carbonyl (C=O) groups is 5. The van der Waals surface area contributed by atoms with Gasteiger partial charge in [0.15, 0.2) is 12.4 Å². The first-order valence-corrected chi connectivity index (χ1v) is 12.4. The van der Waals surface area contributed by atoms with Gasteiger partial charge in [-0.3, -0.25) is 14.4 Å². The summed E-state index contributed by atoms with van der Waals surface area (Å²) >= 11 is 0. The number of ether oxygens (including phenoxy) is 2. The van der Waals surface area contributed by atoms with Gasteiger partial charge in [0.1, 0.15) is 5.75 Å². The van der Waals surface area contributed by atoms with Gasteiger partial charge in [-0.25, -0.2) is 14.5 Å². The van der Waals surface area contributed by atoms with Crippen molar-refractivity contribution in [2.75, 3.05) is 11.5 Å². The van der Waals surface area contributed by atoms with E-state index in [0.717, 1.165) is 16.0 Å². The molecule has 4 aromatic rings. The lowest BCUT2D eigenvalue weighted by atomic mass is 10.1. The van der Waals surface area contributed by atoms with E-state index in [4.69, 9.17) is 9.47 Å². The molecule has 8 nitrogen and oxygen atoms in total. The molecule has 1 aliphatic heterocycles. The fraction of sp³-hybridized carbons (Fsp3) is 0.0938. The van der Waals surface area contributed by atoms with Crippen molar-refractivity contribution in [2.45, 2.75) is 13.8 Å². The van der Waals surface area contributed by atoms with Crippen molar-refractivity contribution >= 4 is 35.2 Å². The van der Waals surface area contributed by atoms with Crippen LogP contribution in [0, 0.1) is 13.8 Å². The molecule has 0 bridgehead atoms. The number of imide groups is 1. The number of carbonyl (C=O) groups excluding carboxylic acids is 5. The quantitative estimate of drug-likeness (QED) is 0.136. The number of ketones is 1. The lowest BCUT2D eigenvalue weighted by Gasteiger charge is -2.14. The van der Waals surface area contributed by atoms with Crippen molar-refractivity contribution in [2.24, 2.45) is 0 Å². The van der Waals surface area contributed by atoms with Crippen LogP contribution in [-0.2, 0) is 4.74 Å². The number of benzene rings is 4. The first-order chi connectivity index (χ1) is 19.2. The maximum Gasteiger partial charge on any atom is 0.343 e. The Bertz CT molecular complexity index is 1670. The summed E-state index contributed by atoms with van der Waals surface area (Å²) in [6, 6.07) is 23.9. The maximum absolute atomic E-state index is 13.0. The first kappa shape index (κ1) is 26.2. The Balaban J connectivity index is 1.20. The van der Waals surface area contributed by atoms with Gasteiger partial charge in [-0.05, 0) is 86.1 Å². The first-order valence-electron chi connectivity index (χ1n) is 12.4. The van der Waals surface area contributed by atoms with E-state index in [1.807, 2.05) is 19.9 Å². The topological polar surface area (TPSA) is 107 Å². The van der Waals surface area contributed by atoms with Gasteiger partial charge >= 0.3 is 11.9 Å². The van der Waals surface area contributed by atoms with Crippen LogP contribution in [0.1, 0.15) is 62.9 Å². The van der Waals surface area contributed by atoms with Gasteiger partial charge in [0.2, 0.25) is 0 Å². The minimum atomic E-state index is -0.811. The highest BCUT2D eigenvalue weighted by Gasteiger charge is 2.37. The number of esters is 2. The third kappa shape index (κ3) is 5.28. The molecule has 0 spiro atoms. The Morgan fingerprint density at radius 2 is 1.30 bits per heavy atom. The highest BCUT2D eigenvalue weighted by Crippen LogP contribution is 2.29. The van der Waals surface area contributed by atoms with Crippen LogP contribution in [0.3, 0.4) is 0 Å². The number of nitrogens with zero attached hydrogens (tertiary/aromatic N) is 1. The minimum Gasteiger partial charge on any atom is -0.454 e. The lowest BCUT2D eigenvalue weighted by Crippen LogP contribution is -2.29. The van der Waals surface area contributed by atoms with Gasteiger partial charge in [-0.15, -0.1) is 0 Å². The molecule has 4 aromatic carbocycles. The fourth-order valence-electron chi connectivity index (χ4n) is 4.23. The van der Waals surface area contributed by atoms with Crippen LogP contribution in [0.4, 0.5) is 5.69 Å². The van der Waals surface area contributed by atoms with E-state index in [-0.39, 0.29) is 28.0 Å². The predicted octanol–water partition coefficient (Wildman–Crippen LogP) is 5.36. The van der Waals surface area contributed by atoms with Gasteiger partial charge in [0.05, 0.1) is 27.9 Å². The van der Waals surface area contributed by atoms with E-state index in [2.05, 4.69) is 0 Å². The largest absolute Gasteiger partial charge is 0.454 e. The molecule has 0 unspecified atom stereocenters. The molecule has 1 aliphatic rings. The summed E-state index contributed by atoms with van der Waals surface area (Å²) in [5, 5.41) is 0. The van der Waals surface area contributed by atoms with Crippen LogP contribution < -0.4 is 9.64 Å². The van der Waals surface area contributed by atoms with Crippen LogP contribution in [0.15, 0.2) is 91.0 Å². The standard InChI is InChI=1S/C32H23NO7/c1-19-6-8-22(9-7-19)32(38)40-25-13-10-21(11-14-25)28(34)18-39-31(37)23-12-15-26-27(17-23)30(36)33(29(26)35)24-5-3-4-20(2)16-24/h3-17H,18H2,1-2H3. The number of amides is 2. The summed E-state index contributed by atoms with van der Waals surface area (Å²) in [4.78, 5) is 64.4. The van der Waals surface area contributed by atoms with Crippen molar-refractivity contribution in [1.29, 1.82) is 0 Å². The highest BCUT2D eigenvalue weighted by atomic mass is 16.5. The van der Waals surface area contributed by atoms with Crippen LogP contribution in [-0.4, -0.2) is 36.1 Å². The third-order valence-electron chi connectivity index (χ3n) is 6.39. The molecule has 0 fully saturated rings. The normalized spacial score (nSPS) is 12.2. The number of Topliss-reactive ketones (excluding diaryl/α,β-unsaturated/α-hetero) is 1. The summed E-state index contributed by atoms with van der Waals surface area (Å²) < 4.78 is 10.5. The molecule has 0 radical (unpaired) electrons. The number of hydrogen-bond acceptors (Lipinski definition) is 7. The van der Waals surface area contributed by atoms with Crippen LogP contribution in [0.25, 0.3) is 0 Å². The maximum atomic E-state index is 13.0. The molecule has 0 atom stereocenters. The molecule has 8 heteroatoms. The van der Waals surface area contributed by atoms with E-state index in [1.165, 1.54) is 42.5 Å². The second kappa shape index (κ2) is 10.8. The van der Waals surface area contributed by atoms with Gasteiger partial charge in [0, 0.05) is 5.56 Å². The molecule has 1 heterocycles. The van der Waals surface area contributed by atoms with E-state index >= 15 is 0 Å². The van der Waals surface area contributed by atoms with Gasteiger partial charge in [-0.1, -0.05) is 29.8 Å². The molecule has 0 saturated carbocycles. The molecular weight excluding hydrogens is 510 g/mol. The van der Waals surface area contributed by atoms with Crippen molar-refractivity contribution in [3.63, 3.8) is 0 Å². The zero-order valence-corrected chi connectivity index (χ0v) is 21.7. The second-order valence-electron chi connectivity index (χ2n) is 9.32. The monoisotopic (exact) mass is 533 g/mol. The minimum absolute atomic E-state index is 0.0390. The number of aryl methyl sites for hydroxylation is 2. The number of rotatable bonds is 7. The summed E-state index contributed by atoms with van der Waals surface area (Å²) in [6.07, 6.45) is 0. The summed E-state index contributed by atoms with van der Waals surface area (Å²) in [5.41, 5.74) is 3.31. The zero-order valence-electron chi connectivity index (χ0n) is 21.7. The van der Waals surface area contributed by atoms with Crippen molar-refractivity contribution < 1.29 is 33.4 Å². The van der Waals surface area contributed by atoms with Gasteiger partial charge in [-0.2, -0.15) is 0 Å². The SMILES string of the molecule is Cc1ccc(C(=O)Oc2ccc(C(=O)COC(=O)c3ccc4c(c3)C(=O)N(c3cccc(C)c3)C4=O)cc2)cc1. The number of fused-ring (bicyclic) bond motifs is 1. The molecule has 0 aliphatic carbocycles. The number of hydrogen-bond donors (Lipinski definition) is 0. The zero-order chi connectivity index (χ0) is 28.4. The van der Waals surface area contributed by atoms with E-state index in [1.54, 1.807) is 42.5 Å². The molecular formula is C32H23NO7. The summed E-state index contributed by atoms with van der Waals surface area (Å²) in [6.45, 7) is 3.23. The van der Waals surface area contributed by atoms with Crippen molar-refractivity contribution in [3.8, 4) is 5.75 Å². The van der Waals surface area contributed by atoms with E-state index in [9.17, 15) is 24.0 Å². The Morgan fingerprint density at radius 1 is 0.650 bits per heavy atom. The molecule has 40 heavy (non-hydrogen) atoms. The summed E-state index contributed by atoms with van der Waals surface area (Å²) in [5.74, 6) is -2.56. The molecule has 0 aromatic heterocycles. The summed E-state index contributed by atoms with van der Waals surface area (Å²) in [7, 11) is 0. The van der Waals surface area contributed by atoms with Crippen LogP contribution in [0.5, 0.6) is 5.75 Å². The predicted molar refractivity (Wildman–Crippen MR) is 146 cm³/mol. The number of anilines is 1. The molecule has 0 N–H and O–H groups in total. The molecule has 0 saturated heterocycles. The average Bonchev–Trinajstić information content (AvgIpc) is 3.21. The van der Waals surface area contributed by atoms with E-state index in [0.29, 0.717) is 11.3 Å². The van der Waals surface area contributed by atoms with Gasteiger partial charge < -0.3 is 9.47 Å². The Morgan fingerprint density at radius 3 is 2.00 bits per heavy atom. The average molecular weight is 534 g/mol. The fourth-order valence-corrected chi connectivity index (χ4v) is 4.23.